The Morgan fingerprint density at radius 3 is 3.12 bits per heavy atom. The third-order valence-electron chi connectivity index (χ3n) is 1.61. The molecule has 1 atom stereocenters. The van der Waals surface area contributed by atoms with Crippen molar-refractivity contribution >= 4 is 40.3 Å². The summed E-state index contributed by atoms with van der Waals surface area (Å²) < 4.78 is 18.1. The van der Waals surface area contributed by atoms with Crippen LogP contribution < -0.4 is 10.0 Å². The molecule has 0 fully saturated rings. The second-order valence-electron chi connectivity index (χ2n) is 2.84. The zero-order valence-corrected chi connectivity index (χ0v) is 11.2. The summed E-state index contributed by atoms with van der Waals surface area (Å²) in [5.74, 6) is 0.897. The number of urea groups is 1. The molecule has 0 aliphatic heterocycles. The van der Waals surface area contributed by atoms with E-state index in [1.54, 1.807) is 6.26 Å². The predicted octanol–water partition coefficient (Wildman–Crippen LogP) is 0.969. The maximum atomic E-state index is 11.5. The number of nitrogens with zero attached hydrogens (tertiary/aromatic N) is 1. The van der Waals surface area contributed by atoms with Crippen LogP contribution in [0.3, 0.4) is 0 Å². The van der Waals surface area contributed by atoms with Crippen molar-refractivity contribution in [2.75, 3.05) is 18.6 Å². The second-order valence-corrected chi connectivity index (χ2v) is 5.70. The van der Waals surface area contributed by atoms with Crippen LogP contribution in [0.15, 0.2) is 11.4 Å². The number of hydrogen-bond acceptors (Lipinski definition) is 5. The molecule has 0 saturated carbocycles. The Hall–Kier alpha value is -0.600. The molecule has 0 bridgehead atoms. The zero-order chi connectivity index (χ0) is 11.8. The van der Waals surface area contributed by atoms with Gasteiger partial charge in [-0.3, -0.25) is 8.93 Å². The minimum atomic E-state index is -0.975. The topological polar surface area (TPSA) is 71.1 Å². The lowest BCUT2D eigenvalue weighted by Gasteiger charge is -2.04. The van der Waals surface area contributed by atoms with Crippen molar-refractivity contribution in [3.63, 3.8) is 0 Å². The Kier molecular flexibility index (Phi) is 6.43. The quantitative estimate of drug-likeness (QED) is 0.761. The Labute approximate surface area is 105 Å². The van der Waals surface area contributed by atoms with Gasteiger partial charge in [-0.15, -0.1) is 0 Å². The molecule has 0 aromatic carbocycles. The van der Waals surface area contributed by atoms with Crippen molar-refractivity contribution in [1.82, 2.24) is 14.4 Å². The monoisotopic (exact) mass is 279 g/mol. The standard InChI is InChI=1S/C8H13N3O2S3/c1-14-11-8(12)9-3-5-16(13)6-7-2-4-15-10-7/h2,4H,3,5-6H2,1H3,(H2,9,11,12). The molecule has 0 saturated heterocycles. The molecule has 1 unspecified atom stereocenters. The fraction of sp³-hybridized carbons (Fsp3) is 0.500. The third-order valence-corrected chi connectivity index (χ3v) is 3.87. The van der Waals surface area contributed by atoms with E-state index in [1.165, 1.54) is 23.5 Å². The maximum Gasteiger partial charge on any atom is 0.324 e. The van der Waals surface area contributed by atoms with Gasteiger partial charge in [-0.05, 0) is 17.6 Å². The lowest BCUT2D eigenvalue weighted by Crippen LogP contribution is -2.33. The summed E-state index contributed by atoms with van der Waals surface area (Å²) in [5, 5.41) is 4.47. The lowest BCUT2D eigenvalue weighted by molar-refractivity contribution is 0.247. The highest BCUT2D eigenvalue weighted by atomic mass is 32.2. The molecule has 1 aromatic rings. The zero-order valence-electron chi connectivity index (χ0n) is 8.76. The average molecular weight is 279 g/mol. The predicted molar refractivity (Wildman–Crippen MR) is 68.9 cm³/mol. The van der Waals surface area contributed by atoms with Gasteiger partial charge in [-0.1, -0.05) is 11.9 Å². The minimum absolute atomic E-state index is 0.252. The normalized spacial score (nSPS) is 12.1. The molecule has 1 aromatic heterocycles. The van der Waals surface area contributed by atoms with Crippen molar-refractivity contribution in [3.05, 3.63) is 17.1 Å². The molecule has 8 heteroatoms. The van der Waals surface area contributed by atoms with Gasteiger partial charge in [0.25, 0.3) is 0 Å². The van der Waals surface area contributed by atoms with Gasteiger partial charge in [-0.25, -0.2) is 4.79 Å². The van der Waals surface area contributed by atoms with Gasteiger partial charge in [0.2, 0.25) is 0 Å². The summed E-state index contributed by atoms with van der Waals surface area (Å²) in [6.45, 7) is 0.406. The molecule has 1 rings (SSSR count). The van der Waals surface area contributed by atoms with Crippen LogP contribution in [0.25, 0.3) is 0 Å². The maximum absolute atomic E-state index is 11.5. The van der Waals surface area contributed by atoms with Gasteiger partial charge in [0, 0.05) is 34.7 Å². The molecular formula is C8H13N3O2S3. The molecule has 2 amide bonds. The smallest absolute Gasteiger partial charge is 0.324 e. The average Bonchev–Trinajstić information content (AvgIpc) is 2.70. The van der Waals surface area contributed by atoms with Crippen LogP contribution >= 0.6 is 23.5 Å². The van der Waals surface area contributed by atoms with E-state index in [0.29, 0.717) is 18.1 Å². The molecule has 0 spiro atoms. The first-order valence-corrected chi connectivity index (χ1v) is 8.08. The molecule has 16 heavy (non-hydrogen) atoms. The van der Waals surface area contributed by atoms with E-state index in [2.05, 4.69) is 14.4 Å². The molecule has 90 valence electrons. The van der Waals surface area contributed by atoms with E-state index in [9.17, 15) is 9.00 Å². The van der Waals surface area contributed by atoms with Gasteiger partial charge in [0.05, 0.1) is 11.4 Å². The van der Waals surface area contributed by atoms with Gasteiger partial charge in [0.1, 0.15) is 0 Å². The van der Waals surface area contributed by atoms with E-state index in [0.717, 1.165) is 5.69 Å². The van der Waals surface area contributed by atoms with Crippen molar-refractivity contribution in [1.29, 1.82) is 0 Å². The fourth-order valence-electron chi connectivity index (χ4n) is 0.956. The van der Waals surface area contributed by atoms with Crippen molar-refractivity contribution in [2.24, 2.45) is 0 Å². The van der Waals surface area contributed by atoms with Crippen molar-refractivity contribution < 1.29 is 9.00 Å². The number of carbonyl (C=O) groups excluding carboxylic acids is 1. The van der Waals surface area contributed by atoms with Crippen LogP contribution in [-0.4, -0.2) is 33.2 Å². The van der Waals surface area contributed by atoms with Crippen LogP contribution in [0.1, 0.15) is 5.69 Å². The highest BCUT2D eigenvalue weighted by Gasteiger charge is 2.04. The number of carbonyl (C=O) groups is 1. The number of rotatable bonds is 6. The first kappa shape index (κ1) is 13.5. The number of amides is 2. The summed E-state index contributed by atoms with van der Waals surface area (Å²) in [6, 6.07) is 1.61. The molecule has 0 radical (unpaired) electrons. The van der Waals surface area contributed by atoms with Crippen LogP contribution in [0.2, 0.25) is 0 Å². The van der Waals surface area contributed by atoms with Gasteiger partial charge < -0.3 is 5.32 Å². The van der Waals surface area contributed by atoms with E-state index < -0.39 is 10.8 Å². The minimum Gasteiger partial charge on any atom is -0.337 e. The summed E-state index contributed by atoms with van der Waals surface area (Å²) in [7, 11) is -0.975. The number of aromatic nitrogens is 1. The number of hydrogen-bond donors (Lipinski definition) is 2. The Balaban J connectivity index is 2.13. The van der Waals surface area contributed by atoms with Crippen molar-refractivity contribution in [3.8, 4) is 0 Å². The van der Waals surface area contributed by atoms with Gasteiger partial charge in [-0.2, -0.15) is 4.37 Å². The third kappa shape index (κ3) is 5.47. The first-order valence-electron chi connectivity index (χ1n) is 4.53. The highest BCUT2D eigenvalue weighted by molar-refractivity contribution is 7.97. The summed E-state index contributed by atoms with van der Waals surface area (Å²) in [5.41, 5.74) is 0.844. The molecule has 5 nitrogen and oxygen atoms in total. The SMILES string of the molecule is CSNC(=O)NCCS(=O)Cc1ccsn1. The van der Waals surface area contributed by atoms with E-state index in [-0.39, 0.29) is 6.03 Å². The molecular weight excluding hydrogens is 266 g/mol. The van der Waals surface area contributed by atoms with Crippen LogP contribution in [0.5, 0.6) is 0 Å². The van der Waals surface area contributed by atoms with E-state index >= 15 is 0 Å². The molecule has 0 aliphatic rings. The lowest BCUT2D eigenvalue weighted by atomic mass is 10.5. The largest absolute Gasteiger partial charge is 0.337 e. The van der Waals surface area contributed by atoms with Crippen LogP contribution in [-0.2, 0) is 16.6 Å². The Morgan fingerprint density at radius 1 is 1.69 bits per heavy atom. The highest BCUT2D eigenvalue weighted by Crippen LogP contribution is 2.03. The van der Waals surface area contributed by atoms with Crippen molar-refractivity contribution in [2.45, 2.75) is 5.75 Å². The molecule has 1 heterocycles. The van der Waals surface area contributed by atoms with Crippen LogP contribution in [0.4, 0.5) is 4.79 Å². The summed E-state index contributed by atoms with van der Waals surface area (Å²) in [6.07, 6.45) is 1.76. The summed E-state index contributed by atoms with van der Waals surface area (Å²) >= 11 is 2.58. The van der Waals surface area contributed by atoms with E-state index in [1.807, 2.05) is 11.4 Å². The Morgan fingerprint density at radius 2 is 2.50 bits per heavy atom. The van der Waals surface area contributed by atoms with Gasteiger partial charge in [0.15, 0.2) is 0 Å². The molecule has 0 aliphatic carbocycles. The van der Waals surface area contributed by atoms with E-state index in [4.69, 9.17) is 0 Å². The second kappa shape index (κ2) is 7.64. The fourth-order valence-corrected chi connectivity index (χ4v) is 2.80. The van der Waals surface area contributed by atoms with Gasteiger partial charge >= 0.3 is 6.03 Å². The number of nitrogens with one attached hydrogen (secondary N) is 2. The molecule has 2 N–H and O–H groups in total. The first-order chi connectivity index (χ1) is 7.72. The van der Waals surface area contributed by atoms with Crippen LogP contribution in [0, 0.1) is 0 Å². The summed E-state index contributed by atoms with van der Waals surface area (Å²) in [4.78, 5) is 11.0. The Bertz CT molecular complexity index is 342.